The van der Waals surface area contributed by atoms with Crippen molar-refractivity contribution in [3.8, 4) is 0 Å². The van der Waals surface area contributed by atoms with Crippen LogP contribution in [0.3, 0.4) is 0 Å². The molecule has 0 saturated heterocycles. The van der Waals surface area contributed by atoms with E-state index in [0.29, 0.717) is 17.1 Å². The van der Waals surface area contributed by atoms with E-state index in [1.165, 1.54) is 12.1 Å². The van der Waals surface area contributed by atoms with Gasteiger partial charge in [-0.05, 0) is 50.6 Å². The summed E-state index contributed by atoms with van der Waals surface area (Å²) in [5.41, 5.74) is 0.651. The summed E-state index contributed by atoms with van der Waals surface area (Å²) < 4.78 is 44.5. The van der Waals surface area contributed by atoms with E-state index in [0.717, 1.165) is 12.1 Å². The van der Waals surface area contributed by atoms with Crippen molar-refractivity contribution in [2.45, 2.75) is 31.3 Å². The maximum atomic E-state index is 12.8. The molecule has 120 valence electrons. The molecular formula is C15H18FNO4S. The minimum absolute atomic E-state index is 0.0151. The fourth-order valence-corrected chi connectivity index (χ4v) is 3.21. The number of aryl methyl sites for hydroxylation is 2. The largest absolute Gasteiger partial charge is 0.466 e. The Balaban J connectivity index is 1.95. The van der Waals surface area contributed by atoms with Crippen LogP contribution >= 0.6 is 0 Å². The van der Waals surface area contributed by atoms with Gasteiger partial charge in [0.25, 0.3) is 0 Å². The van der Waals surface area contributed by atoms with Gasteiger partial charge in [-0.3, -0.25) is 0 Å². The normalized spacial score (nSPS) is 13.3. The van der Waals surface area contributed by atoms with Crippen molar-refractivity contribution in [1.82, 2.24) is 4.72 Å². The Morgan fingerprint density at radius 1 is 1.27 bits per heavy atom. The first kappa shape index (κ1) is 16.7. The van der Waals surface area contributed by atoms with E-state index in [4.69, 9.17) is 4.42 Å². The number of rotatable bonds is 6. The molecule has 1 unspecified atom stereocenters. The van der Waals surface area contributed by atoms with Crippen molar-refractivity contribution in [3.63, 3.8) is 0 Å². The Hall–Kier alpha value is -1.70. The van der Waals surface area contributed by atoms with Gasteiger partial charge in [-0.2, -0.15) is 0 Å². The van der Waals surface area contributed by atoms with Gasteiger partial charge in [-0.15, -0.1) is 0 Å². The Kier molecular flexibility index (Phi) is 5.00. The van der Waals surface area contributed by atoms with Gasteiger partial charge in [-0.1, -0.05) is 0 Å². The highest BCUT2D eigenvalue weighted by Crippen LogP contribution is 2.23. The summed E-state index contributed by atoms with van der Waals surface area (Å²) in [6, 6.07) is 6.28. The van der Waals surface area contributed by atoms with Crippen molar-refractivity contribution in [1.29, 1.82) is 0 Å². The predicted molar refractivity (Wildman–Crippen MR) is 79.3 cm³/mol. The smallest absolute Gasteiger partial charge is 0.240 e. The first-order valence-electron chi connectivity index (χ1n) is 6.80. The van der Waals surface area contributed by atoms with E-state index < -0.39 is 21.9 Å². The molecule has 0 radical (unpaired) electrons. The number of hydrogen-bond donors (Lipinski definition) is 2. The number of halogens is 1. The molecule has 5 nitrogen and oxygen atoms in total. The Labute approximate surface area is 128 Å². The number of aliphatic hydroxyl groups excluding tert-OH is 1. The molecular weight excluding hydrogens is 309 g/mol. The van der Waals surface area contributed by atoms with E-state index >= 15 is 0 Å². The summed E-state index contributed by atoms with van der Waals surface area (Å²) in [6.07, 6.45) is -0.603. The van der Waals surface area contributed by atoms with Crippen LogP contribution in [0.4, 0.5) is 4.39 Å². The minimum atomic E-state index is -3.71. The zero-order chi connectivity index (χ0) is 16.3. The molecule has 0 aliphatic heterocycles. The lowest BCUT2D eigenvalue weighted by Gasteiger charge is -2.11. The molecule has 0 aliphatic carbocycles. The third-order valence-electron chi connectivity index (χ3n) is 3.27. The highest BCUT2D eigenvalue weighted by molar-refractivity contribution is 7.89. The zero-order valence-electron chi connectivity index (χ0n) is 12.3. The van der Waals surface area contributed by atoms with Gasteiger partial charge in [0.2, 0.25) is 10.0 Å². The SMILES string of the molecule is Cc1cc(C(O)CCNS(=O)(=O)c2ccc(F)cc2)c(C)o1. The lowest BCUT2D eigenvalue weighted by molar-refractivity contribution is 0.167. The zero-order valence-corrected chi connectivity index (χ0v) is 13.2. The molecule has 1 heterocycles. The molecule has 0 bridgehead atoms. The summed E-state index contributed by atoms with van der Waals surface area (Å²) in [6.45, 7) is 3.58. The average molecular weight is 327 g/mol. The van der Waals surface area contributed by atoms with Crippen LogP contribution in [-0.2, 0) is 10.0 Å². The monoisotopic (exact) mass is 327 g/mol. The van der Waals surface area contributed by atoms with Crippen LogP contribution in [0.5, 0.6) is 0 Å². The maximum absolute atomic E-state index is 12.8. The fraction of sp³-hybridized carbons (Fsp3) is 0.333. The van der Waals surface area contributed by atoms with Crippen molar-refractivity contribution >= 4 is 10.0 Å². The Bertz CT molecular complexity index is 737. The lowest BCUT2D eigenvalue weighted by atomic mass is 10.1. The lowest BCUT2D eigenvalue weighted by Crippen LogP contribution is -2.26. The summed E-state index contributed by atoms with van der Waals surface area (Å²) in [5.74, 6) is 0.810. The van der Waals surface area contributed by atoms with Crippen LogP contribution in [0.25, 0.3) is 0 Å². The quantitative estimate of drug-likeness (QED) is 0.854. The summed E-state index contributed by atoms with van der Waals surface area (Å²) in [7, 11) is -3.71. The molecule has 7 heteroatoms. The Morgan fingerprint density at radius 2 is 1.91 bits per heavy atom. The first-order chi connectivity index (χ1) is 10.3. The number of hydrogen-bond acceptors (Lipinski definition) is 4. The second-order valence-corrected chi connectivity index (χ2v) is 6.79. The van der Waals surface area contributed by atoms with E-state index in [9.17, 15) is 17.9 Å². The van der Waals surface area contributed by atoms with Crippen LogP contribution < -0.4 is 4.72 Å². The summed E-state index contributed by atoms with van der Waals surface area (Å²) in [5, 5.41) is 10.1. The van der Waals surface area contributed by atoms with E-state index in [1.54, 1.807) is 19.9 Å². The summed E-state index contributed by atoms with van der Waals surface area (Å²) in [4.78, 5) is -0.0151. The van der Waals surface area contributed by atoms with Crippen molar-refractivity contribution in [2.75, 3.05) is 6.54 Å². The van der Waals surface area contributed by atoms with Crippen molar-refractivity contribution in [3.05, 3.63) is 53.2 Å². The second kappa shape index (κ2) is 6.60. The number of sulfonamides is 1. The highest BCUT2D eigenvalue weighted by atomic mass is 32.2. The molecule has 0 saturated carbocycles. The topological polar surface area (TPSA) is 79.5 Å². The van der Waals surface area contributed by atoms with Gasteiger partial charge >= 0.3 is 0 Å². The van der Waals surface area contributed by atoms with Gasteiger partial charge < -0.3 is 9.52 Å². The molecule has 0 amide bonds. The highest BCUT2D eigenvalue weighted by Gasteiger charge is 2.17. The van der Waals surface area contributed by atoms with Crippen LogP contribution in [0.15, 0.2) is 39.6 Å². The standard InChI is InChI=1S/C15H18FNO4S/c1-10-9-14(11(2)21-10)15(18)7-8-17-22(19,20)13-5-3-12(16)4-6-13/h3-6,9,15,17-18H,7-8H2,1-2H3. The van der Waals surface area contributed by atoms with Crippen LogP contribution in [0, 0.1) is 19.7 Å². The maximum Gasteiger partial charge on any atom is 0.240 e. The average Bonchev–Trinajstić information content (AvgIpc) is 2.78. The van der Waals surface area contributed by atoms with Crippen LogP contribution in [0.1, 0.15) is 29.6 Å². The van der Waals surface area contributed by atoms with Crippen LogP contribution in [-0.4, -0.2) is 20.1 Å². The molecule has 1 aromatic heterocycles. The number of furan rings is 1. The summed E-state index contributed by atoms with van der Waals surface area (Å²) >= 11 is 0. The molecule has 0 spiro atoms. The van der Waals surface area contributed by atoms with Crippen molar-refractivity contribution in [2.24, 2.45) is 0 Å². The van der Waals surface area contributed by atoms with Crippen molar-refractivity contribution < 1.29 is 22.3 Å². The number of aliphatic hydroxyl groups is 1. The number of benzene rings is 1. The number of nitrogens with one attached hydrogen (secondary N) is 1. The predicted octanol–water partition coefficient (Wildman–Crippen LogP) is 2.44. The third kappa shape index (κ3) is 3.94. The minimum Gasteiger partial charge on any atom is -0.466 e. The first-order valence-corrected chi connectivity index (χ1v) is 8.28. The van der Waals surface area contributed by atoms with Crippen LogP contribution in [0.2, 0.25) is 0 Å². The molecule has 0 fully saturated rings. The molecule has 1 atom stereocenters. The van der Waals surface area contributed by atoms with Gasteiger partial charge in [-0.25, -0.2) is 17.5 Å². The van der Waals surface area contributed by atoms with Gasteiger partial charge in [0, 0.05) is 12.1 Å². The molecule has 22 heavy (non-hydrogen) atoms. The molecule has 1 aromatic carbocycles. The van der Waals surface area contributed by atoms with Gasteiger partial charge in [0.15, 0.2) is 0 Å². The second-order valence-electron chi connectivity index (χ2n) is 5.02. The van der Waals surface area contributed by atoms with E-state index in [1.807, 2.05) is 0 Å². The van der Waals surface area contributed by atoms with E-state index in [2.05, 4.69) is 4.72 Å². The molecule has 2 rings (SSSR count). The molecule has 0 aliphatic rings. The fourth-order valence-electron chi connectivity index (χ4n) is 2.16. The Morgan fingerprint density at radius 3 is 2.45 bits per heavy atom. The van der Waals surface area contributed by atoms with Gasteiger partial charge in [0.1, 0.15) is 17.3 Å². The third-order valence-corrected chi connectivity index (χ3v) is 4.75. The molecule has 2 aromatic rings. The van der Waals surface area contributed by atoms with E-state index in [-0.39, 0.29) is 17.9 Å². The molecule has 2 N–H and O–H groups in total. The van der Waals surface area contributed by atoms with Gasteiger partial charge in [0.05, 0.1) is 11.0 Å².